The number of rotatable bonds is 6. The van der Waals surface area contributed by atoms with E-state index in [4.69, 9.17) is 9.47 Å². The summed E-state index contributed by atoms with van der Waals surface area (Å²) in [6, 6.07) is 2.23. The molecule has 3 unspecified atom stereocenters. The molecule has 130 valence electrons. The average molecular weight is 405 g/mol. The first kappa shape index (κ1) is 18.7. The lowest BCUT2D eigenvalue weighted by molar-refractivity contribution is -0.0438. The molecule has 1 aromatic rings. The molecule has 7 heteroatoms. The van der Waals surface area contributed by atoms with Crippen LogP contribution in [-0.2, 0) is 16.0 Å². The van der Waals surface area contributed by atoms with Crippen LogP contribution < -0.4 is 10.6 Å². The summed E-state index contributed by atoms with van der Waals surface area (Å²) in [6.07, 6.45) is 0.558. The van der Waals surface area contributed by atoms with Gasteiger partial charge in [-0.25, -0.2) is 4.79 Å². The highest BCUT2D eigenvalue weighted by Gasteiger charge is 2.42. The van der Waals surface area contributed by atoms with Gasteiger partial charge in [0.2, 0.25) is 0 Å². The molecule has 0 spiro atoms. The van der Waals surface area contributed by atoms with E-state index in [0.717, 1.165) is 16.8 Å². The predicted molar refractivity (Wildman–Crippen MR) is 95.8 cm³/mol. The third-order valence-electron chi connectivity index (χ3n) is 3.57. The van der Waals surface area contributed by atoms with Crippen molar-refractivity contribution in [2.45, 2.75) is 64.4 Å². The van der Waals surface area contributed by atoms with E-state index >= 15 is 0 Å². The summed E-state index contributed by atoms with van der Waals surface area (Å²) < 4.78 is 12.2. The highest BCUT2D eigenvalue weighted by molar-refractivity contribution is 9.11. The molecule has 3 atom stereocenters. The van der Waals surface area contributed by atoms with E-state index in [1.54, 1.807) is 11.3 Å². The molecular weight excluding hydrogens is 380 g/mol. The van der Waals surface area contributed by atoms with Crippen LogP contribution >= 0.6 is 27.3 Å². The first-order valence-electron chi connectivity index (χ1n) is 7.86. The van der Waals surface area contributed by atoms with Crippen molar-refractivity contribution >= 4 is 33.4 Å². The van der Waals surface area contributed by atoms with Gasteiger partial charge in [0.25, 0.3) is 0 Å². The normalized spacial score (nSPS) is 24.1. The van der Waals surface area contributed by atoms with E-state index in [1.165, 1.54) is 5.56 Å². The largest absolute Gasteiger partial charge is 0.444 e. The average Bonchev–Trinajstić information content (AvgIpc) is 2.81. The molecule has 0 aliphatic heterocycles. The van der Waals surface area contributed by atoms with Crippen LogP contribution in [0.2, 0.25) is 0 Å². The van der Waals surface area contributed by atoms with Crippen LogP contribution in [0.1, 0.15) is 39.7 Å². The van der Waals surface area contributed by atoms with Gasteiger partial charge in [0.1, 0.15) is 5.60 Å². The molecule has 1 amide bonds. The zero-order valence-corrected chi connectivity index (χ0v) is 16.4. The van der Waals surface area contributed by atoms with E-state index in [2.05, 4.69) is 38.0 Å². The lowest BCUT2D eigenvalue weighted by Crippen LogP contribution is -2.66. The number of carbonyl (C=O) groups excluding carboxylic acids is 1. The highest BCUT2D eigenvalue weighted by atomic mass is 79.9. The van der Waals surface area contributed by atoms with E-state index < -0.39 is 5.60 Å². The van der Waals surface area contributed by atoms with E-state index in [1.807, 2.05) is 27.7 Å². The van der Waals surface area contributed by atoms with Crippen LogP contribution in [0.3, 0.4) is 0 Å². The Morgan fingerprint density at radius 2 is 2.22 bits per heavy atom. The Hall–Kier alpha value is -0.630. The number of alkyl carbamates (subject to hydrolysis) is 1. The second-order valence-electron chi connectivity index (χ2n) is 6.65. The maximum atomic E-state index is 11.9. The minimum Gasteiger partial charge on any atom is -0.444 e. The summed E-state index contributed by atoms with van der Waals surface area (Å²) in [7, 11) is 0. The molecule has 1 aliphatic carbocycles. The first-order chi connectivity index (χ1) is 10.8. The van der Waals surface area contributed by atoms with E-state index in [-0.39, 0.29) is 24.3 Å². The summed E-state index contributed by atoms with van der Waals surface area (Å²) in [5.74, 6) is 0. The molecule has 1 fully saturated rings. The van der Waals surface area contributed by atoms with Gasteiger partial charge in [-0.15, -0.1) is 11.3 Å². The second kappa shape index (κ2) is 7.96. The molecule has 0 bridgehead atoms. The Labute approximate surface area is 150 Å². The number of carbonyl (C=O) groups is 1. The molecule has 23 heavy (non-hydrogen) atoms. The van der Waals surface area contributed by atoms with Gasteiger partial charge in [0.05, 0.1) is 22.0 Å². The van der Waals surface area contributed by atoms with Gasteiger partial charge >= 0.3 is 6.09 Å². The standard InChI is InChI=1S/C16H25BrN2O3S/c1-5-21-12-7-11(19-15(20)22-16(2,3)4)14(12)18-8-10-6-13(17)23-9-10/h6,9,11-12,14,18H,5,7-8H2,1-4H3,(H,19,20). The van der Waals surface area contributed by atoms with Crippen LogP contribution in [0, 0.1) is 0 Å². The molecule has 5 nitrogen and oxygen atoms in total. The van der Waals surface area contributed by atoms with Crippen LogP contribution in [0.25, 0.3) is 0 Å². The van der Waals surface area contributed by atoms with Crippen LogP contribution in [0.4, 0.5) is 4.79 Å². The molecule has 1 aromatic heterocycles. The van der Waals surface area contributed by atoms with Gasteiger partial charge in [-0.05, 0) is 67.1 Å². The maximum absolute atomic E-state index is 11.9. The molecular formula is C16H25BrN2O3S. The quantitative estimate of drug-likeness (QED) is 0.758. The Bertz CT molecular complexity index is 530. The lowest BCUT2D eigenvalue weighted by Gasteiger charge is -2.45. The summed E-state index contributed by atoms with van der Waals surface area (Å²) >= 11 is 5.14. The zero-order valence-electron chi connectivity index (χ0n) is 14.0. The van der Waals surface area contributed by atoms with Crippen LogP contribution in [0.5, 0.6) is 0 Å². The maximum Gasteiger partial charge on any atom is 0.407 e. The Morgan fingerprint density at radius 3 is 2.78 bits per heavy atom. The van der Waals surface area contributed by atoms with Gasteiger partial charge in [-0.1, -0.05) is 0 Å². The number of halogens is 1. The molecule has 0 aromatic carbocycles. The summed E-state index contributed by atoms with van der Waals surface area (Å²) in [5.41, 5.74) is 0.735. The zero-order chi connectivity index (χ0) is 17.0. The predicted octanol–water partition coefficient (Wildman–Crippen LogP) is 3.67. The van der Waals surface area contributed by atoms with Crippen molar-refractivity contribution in [2.75, 3.05) is 6.61 Å². The first-order valence-corrected chi connectivity index (χ1v) is 9.53. The minimum atomic E-state index is -0.487. The molecule has 1 aliphatic rings. The van der Waals surface area contributed by atoms with E-state index in [9.17, 15) is 4.79 Å². The summed E-state index contributed by atoms with van der Waals surface area (Å²) in [4.78, 5) is 11.9. The van der Waals surface area contributed by atoms with Gasteiger partial charge in [-0.2, -0.15) is 0 Å². The van der Waals surface area contributed by atoms with Crippen molar-refractivity contribution in [3.63, 3.8) is 0 Å². The topological polar surface area (TPSA) is 59.6 Å². The highest BCUT2D eigenvalue weighted by Crippen LogP contribution is 2.26. The Morgan fingerprint density at radius 1 is 1.48 bits per heavy atom. The van der Waals surface area contributed by atoms with Gasteiger partial charge in [0, 0.05) is 13.2 Å². The fraction of sp³-hybridized carbons (Fsp3) is 0.688. The minimum absolute atomic E-state index is 0.0310. The van der Waals surface area contributed by atoms with Gasteiger partial charge in [0.15, 0.2) is 0 Å². The number of nitrogens with one attached hydrogen (secondary N) is 2. The van der Waals surface area contributed by atoms with E-state index in [0.29, 0.717) is 6.61 Å². The van der Waals surface area contributed by atoms with Crippen molar-refractivity contribution in [2.24, 2.45) is 0 Å². The van der Waals surface area contributed by atoms with Crippen LogP contribution in [-0.4, -0.2) is 36.5 Å². The lowest BCUT2D eigenvalue weighted by atomic mass is 9.82. The third kappa shape index (κ3) is 5.74. The van der Waals surface area contributed by atoms with Crippen molar-refractivity contribution < 1.29 is 14.3 Å². The number of hydrogen-bond acceptors (Lipinski definition) is 5. The number of ether oxygens (including phenoxy) is 2. The fourth-order valence-corrected chi connectivity index (χ4v) is 3.76. The third-order valence-corrected chi connectivity index (χ3v) is 5.12. The SMILES string of the molecule is CCOC1CC(NC(=O)OC(C)(C)C)C1NCc1csc(Br)c1. The molecule has 1 heterocycles. The van der Waals surface area contributed by atoms with Crippen molar-refractivity contribution in [3.05, 3.63) is 20.8 Å². The molecule has 0 radical (unpaired) electrons. The Kier molecular flexibility index (Phi) is 6.48. The van der Waals surface area contributed by atoms with Gasteiger partial charge < -0.3 is 20.1 Å². The number of amides is 1. The fourth-order valence-electron chi connectivity index (χ4n) is 2.55. The molecule has 0 saturated heterocycles. The molecule has 2 N–H and O–H groups in total. The molecule has 2 rings (SSSR count). The van der Waals surface area contributed by atoms with Crippen molar-refractivity contribution in [1.82, 2.24) is 10.6 Å². The number of hydrogen-bond donors (Lipinski definition) is 2. The van der Waals surface area contributed by atoms with Crippen molar-refractivity contribution in [1.29, 1.82) is 0 Å². The Balaban J connectivity index is 1.87. The number of thiophene rings is 1. The smallest absolute Gasteiger partial charge is 0.407 e. The van der Waals surface area contributed by atoms with Gasteiger partial charge in [-0.3, -0.25) is 0 Å². The monoisotopic (exact) mass is 404 g/mol. The van der Waals surface area contributed by atoms with Crippen molar-refractivity contribution in [3.8, 4) is 0 Å². The molecule has 1 saturated carbocycles. The van der Waals surface area contributed by atoms with Crippen LogP contribution in [0.15, 0.2) is 15.2 Å². The second-order valence-corrected chi connectivity index (χ2v) is 8.94. The summed E-state index contributed by atoms with van der Waals surface area (Å²) in [5, 5.41) is 8.55. The summed E-state index contributed by atoms with van der Waals surface area (Å²) in [6.45, 7) is 9.00.